The second-order valence-electron chi connectivity index (χ2n) is 7.99. The molecule has 0 aromatic carbocycles. The predicted octanol–water partition coefficient (Wildman–Crippen LogP) is 6.54. The molecule has 28 heavy (non-hydrogen) atoms. The van der Waals surface area contributed by atoms with Crippen molar-refractivity contribution in [3.8, 4) is 0 Å². The lowest BCUT2D eigenvalue weighted by Gasteiger charge is -2.25. The summed E-state index contributed by atoms with van der Waals surface area (Å²) in [6, 6.07) is 0. The Balaban J connectivity index is 1.36. The molecule has 162 valence electrons. The van der Waals surface area contributed by atoms with Crippen LogP contribution in [0.1, 0.15) is 78.1 Å². The number of halogens is 2. The summed E-state index contributed by atoms with van der Waals surface area (Å²) in [4.78, 5) is 9.69. The van der Waals surface area contributed by atoms with Gasteiger partial charge in [0.05, 0.1) is 21.4 Å². The minimum absolute atomic E-state index is 0.654. The molecule has 2 unspecified atom stereocenters. The number of unbranched alkanes of at least 4 members (excludes halogenated alkanes) is 7. The second kappa shape index (κ2) is 14.2. The highest BCUT2D eigenvalue weighted by molar-refractivity contribution is 14.1. The van der Waals surface area contributed by atoms with E-state index in [4.69, 9.17) is 0 Å². The molecular weight excluding hydrogens is 574 g/mol. The summed E-state index contributed by atoms with van der Waals surface area (Å²) in [5, 5.41) is 0. The first kappa shape index (κ1) is 24.4. The predicted molar refractivity (Wildman–Crippen MR) is 138 cm³/mol. The van der Waals surface area contributed by atoms with Gasteiger partial charge in [0, 0.05) is 37.9 Å². The molecule has 0 fully saturated rings. The topological polar surface area (TPSA) is 13.0 Å². The monoisotopic (exact) mass is 614 g/mol. The molecule has 0 saturated carbocycles. The summed E-state index contributed by atoms with van der Waals surface area (Å²) in [6.07, 6.45) is 22.9. The van der Waals surface area contributed by atoms with Crippen molar-refractivity contribution in [2.24, 2.45) is 0 Å². The first-order valence-electron chi connectivity index (χ1n) is 11.3. The normalized spacial score (nSPS) is 18.6. The van der Waals surface area contributed by atoms with Gasteiger partial charge in [0.1, 0.15) is 0 Å². The number of hydrogen-bond acceptors (Lipinski definition) is 4. The summed E-state index contributed by atoms with van der Waals surface area (Å²) < 4.78 is 1.31. The molecule has 0 amide bonds. The Morgan fingerprint density at radius 3 is 1.29 bits per heavy atom. The van der Waals surface area contributed by atoms with Gasteiger partial charge < -0.3 is 19.6 Å². The van der Waals surface area contributed by atoms with Crippen LogP contribution in [-0.4, -0.2) is 54.1 Å². The molecule has 0 spiro atoms. The Morgan fingerprint density at radius 2 is 0.964 bits per heavy atom. The van der Waals surface area contributed by atoms with E-state index in [2.05, 4.69) is 103 Å². The van der Waals surface area contributed by atoms with Gasteiger partial charge in [-0.25, -0.2) is 0 Å². The minimum atomic E-state index is 0.654. The van der Waals surface area contributed by atoms with E-state index in [0.717, 1.165) is 26.4 Å². The van der Waals surface area contributed by atoms with Crippen LogP contribution >= 0.6 is 45.2 Å². The second-order valence-corrected chi connectivity index (χ2v) is 10.9. The molecule has 2 aliphatic rings. The molecule has 0 N–H and O–H groups in total. The maximum Gasteiger partial charge on any atom is 0.0903 e. The van der Waals surface area contributed by atoms with Gasteiger partial charge in [-0.2, -0.15) is 0 Å². The summed E-state index contributed by atoms with van der Waals surface area (Å²) in [5.74, 6) is 0. The fraction of sp³-hybridized carbons (Fsp3) is 0.818. The van der Waals surface area contributed by atoms with Gasteiger partial charge in [-0.3, -0.25) is 0 Å². The van der Waals surface area contributed by atoms with E-state index < -0.39 is 0 Å². The van der Waals surface area contributed by atoms with Crippen molar-refractivity contribution in [2.75, 3.05) is 26.4 Å². The lowest BCUT2D eigenvalue weighted by Crippen LogP contribution is -2.30. The Morgan fingerprint density at radius 1 is 0.607 bits per heavy atom. The Hall–Kier alpha value is 0.140. The smallest absolute Gasteiger partial charge is 0.0903 e. The molecule has 2 rings (SSSR count). The van der Waals surface area contributed by atoms with Gasteiger partial charge in [0.15, 0.2) is 0 Å². The van der Waals surface area contributed by atoms with Crippen LogP contribution in [0.2, 0.25) is 0 Å². The molecule has 0 aliphatic carbocycles. The van der Waals surface area contributed by atoms with Crippen LogP contribution in [0.3, 0.4) is 0 Å². The molecule has 0 aromatic rings. The zero-order valence-corrected chi connectivity index (χ0v) is 22.2. The third-order valence-corrected chi connectivity index (χ3v) is 8.47. The molecule has 0 saturated heterocycles. The third kappa shape index (κ3) is 8.88. The van der Waals surface area contributed by atoms with Gasteiger partial charge in [-0.15, -0.1) is 0 Å². The summed E-state index contributed by atoms with van der Waals surface area (Å²) in [7, 11) is 0. The van der Waals surface area contributed by atoms with E-state index in [1.54, 1.807) is 0 Å². The fourth-order valence-corrected chi connectivity index (χ4v) is 5.37. The van der Waals surface area contributed by atoms with Crippen LogP contribution in [0.15, 0.2) is 24.8 Å². The van der Waals surface area contributed by atoms with Crippen LogP contribution in [0, 0.1) is 0 Å². The molecular formula is C22H40I2N4. The highest BCUT2D eigenvalue weighted by atomic mass is 127. The van der Waals surface area contributed by atoms with E-state index in [1.165, 1.54) is 64.2 Å². The van der Waals surface area contributed by atoms with Crippen LogP contribution in [0.5, 0.6) is 0 Å². The molecule has 0 bridgehead atoms. The highest BCUT2D eigenvalue weighted by Crippen LogP contribution is 2.23. The minimum Gasteiger partial charge on any atom is -0.359 e. The summed E-state index contributed by atoms with van der Waals surface area (Å²) >= 11 is 5.23. The number of rotatable bonds is 15. The summed E-state index contributed by atoms with van der Waals surface area (Å²) in [5.41, 5.74) is 0. The first-order chi connectivity index (χ1) is 13.6. The van der Waals surface area contributed by atoms with Crippen LogP contribution < -0.4 is 0 Å². The zero-order valence-electron chi connectivity index (χ0n) is 17.9. The van der Waals surface area contributed by atoms with Gasteiger partial charge in [-0.1, -0.05) is 96.5 Å². The third-order valence-electron chi connectivity index (χ3n) is 5.79. The number of alkyl halides is 2. The lowest BCUT2D eigenvalue weighted by molar-refractivity contribution is 0.259. The van der Waals surface area contributed by atoms with Crippen molar-refractivity contribution in [2.45, 2.75) is 86.2 Å². The molecule has 0 aromatic heterocycles. The lowest BCUT2D eigenvalue weighted by atomic mass is 10.1. The van der Waals surface area contributed by atoms with Crippen LogP contribution in [0.4, 0.5) is 0 Å². The maximum atomic E-state index is 2.61. The van der Waals surface area contributed by atoms with E-state index in [9.17, 15) is 0 Å². The van der Waals surface area contributed by atoms with Crippen molar-refractivity contribution in [3.63, 3.8) is 0 Å². The maximum absolute atomic E-state index is 2.61. The van der Waals surface area contributed by atoms with E-state index >= 15 is 0 Å². The van der Waals surface area contributed by atoms with Crippen LogP contribution in [-0.2, 0) is 0 Å². The molecule has 2 heterocycles. The largest absolute Gasteiger partial charge is 0.359 e. The van der Waals surface area contributed by atoms with Crippen molar-refractivity contribution in [3.05, 3.63) is 24.8 Å². The van der Waals surface area contributed by atoms with E-state index in [-0.39, 0.29) is 0 Å². The number of hydrogen-bond donors (Lipinski definition) is 0. The zero-order chi connectivity index (χ0) is 20.2. The fourth-order valence-electron chi connectivity index (χ4n) is 3.76. The Kier molecular flexibility index (Phi) is 12.4. The highest BCUT2D eigenvalue weighted by Gasteiger charge is 2.18. The van der Waals surface area contributed by atoms with Crippen molar-refractivity contribution < 1.29 is 0 Å². The molecule has 0 radical (unpaired) electrons. The molecule has 4 nitrogen and oxygen atoms in total. The van der Waals surface area contributed by atoms with Crippen molar-refractivity contribution >= 4 is 45.2 Å². The Labute approximate surface area is 201 Å². The molecule has 2 atom stereocenters. The summed E-state index contributed by atoms with van der Waals surface area (Å²) in [6.45, 7) is 8.82. The Bertz CT molecular complexity index is 429. The van der Waals surface area contributed by atoms with Crippen LogP contribution in [0.25, 0.3) is 0 Å². The average Bonchev–Trinajstić information content (AvgIpc) is 3.38. The SMILES string of the molecule is CCN1C=CN(C(I)CCCCCCCCCCC(I)N2C=CN(CC)C2)C1. The van der Waals surface area contributed by atoms with Gasteiger partial charge in [-0.05, 0) is 26.7 Å². The molecule has 2 aliphatic heterocycles. The van der Waals surface area contributed by atoms with Crippen molar-refractivity contribution in [1.82, 2.24) is 19.6 Å². The van der Waals surface area contributed by atoms with Crippen molar-refractivity contribution in [1.29, 1.82) is 0 Å². The first-order valence-corrected chi connectivity index (χ1v) is 13.8. The van der Waals surface area contributed by atoms with Gasteiger partial charge >= 0.3 is 0 Å². The standard InChI is InChI=1S/C22H40I2N4/c1-3-25-15-17-27(19-25)21(23)13-11-9-7-5-6-8-10-12-14-22(24)28-18-16-26(4-2)20-28/h15-18,21-22H,3-14,19-20H2,1-2H3. The van der Waals surface area contributed by atoms with E-state index in [1.807, 2.05) is 0 Å². The van der Waals surface area contributed by atoms with Gasteiger partial charge in [0.2, 0.25) is 0 Å². The average molecular weight is 614 g/mol. The van der Waals surface area contributed by atoms with Gasteiger partial charge in [0.25, 0.3) is 0 Å². The quantitative estimate of drug-likeness (QED) is 0.0900. The van der Waals surface area contributed by atoms with E-state index in [0.29, 0.717) is 8.10 Å². The molecule has 6 heteroatoms. The number of nitrogens with zero attached hydrogens (tertiary/aromatic N) is 4.